The Labute approximate surface area is 178 Å². The molecule has 0 radical (unpaired) electrons. The Morgan fingerprint density at radius 2 is 1.75 bits per heavy atom. The molecular formula is C19H34Cl2F3N3O. The van der Waals surface area contributed by atoms with Gasteiger partial charge in [-0.05, 0) is 56.4 Å². The molecule has 9 heteroatoms. The second kappa shape index (κ2) is 10.7. The molecule has 0 aromatic rings. The molecule has 1 saturated heterocycles. The van der Waals surface area contributed by atoms with Gasteiger partial charge in [0.2, 0.25) is 5.91 Å². The summed E-state index contributed by atoms with van der Waals surface area (Å²) < 4.78 is 37.9. The smallest absolute Gasteiger partial charge is 0.342 e. The molecule has 166 valence electrons. The highest BCUT2D eigenvalue weighted by Gasteiger charge is 2.42. The topological polar surface area (TPSA) is 49.6 Å². The predicted molar refractivity (Wildman–Crippen MR) is 109 cm³/mol. The van der Waals surface area contributed by atoms with E-state index < -0.39 is 12.7 Å². The Hall–Kier alpha value is -0.240. The van der Waals surface area contributed by atoms with Gasteiger partial charge in [0.1, 0.15) is 0 Å². The number of fused-ring (bicyclic) bond motifs is 2. The third-order valence-corrected chi connectivity index (χ3v) is 6.73. The molecule has 4 nitrogen and oxygen atoms in total. The summed E-state index contributed by atoms with van der Waals surface area (Å²) in [5, 5.41) is 0. The Kier molecular flexibility index (Phi) is 9.85. The van der Waals surface area contributed by atoms with E-state index in [4.69, 9.17) is 5.73 Å². The number of halogens is 5. The summed E-state index contributed by atoms with van der Waals surface area (Å²) in [5.41, 5.74) is 6.32. The standard InChI is InChI=1S/C19H32F3N3O.2ClH/c1-2-24(12-19(20,21)22)10-13-6-7-25(11-13)18(26)16-8-14-4-3-5-15(9-16)17(14)23;;/h13-17H,2-12,23H2,1H3;2*1H. The number of nitrogens with zero attached hydrogens (tertiary/aromatic N) is 2. The zero-order valence-corrected chi connectivity index (χ0v) is 18.1. The Bertz CT molecular complexity index is 495. The Morgan fingerprint density at radius 3 is 2.29 bits per heavy atom. The number of amides is 1. The van der Waals surface area contributed by atoms with Crippen molar-refractivity contribution in [1.82, 2.24) is 9.80 Å². The average Bonchev–Trinajstić information content (AvgIpc) is 3.00. The minimum absolute atomic E-state index is 0. The number of carbonyl (C=O) groups is 1. The van der Waals surface area contributed by atoms with Gasteiger partial charge in [0.05, 0.1) is 6.54 Å². The van der Waals surface area contributed by atoms with Crippen LogP contribution in [0.4, 0.5) is 13.2 Å². The number of likely N-dealkylation sites (tertiary alicyclic amines) is 1. The molecule has 0 aromatic heterocycles. The minimum Gasteiger partial charge on any atom is -0.342 e. The first-order valence-electron chi connectivity index (χ1n) is 10.1. The highest BCUT2D eigenvalue weighted by molar-refractivity contribution is 5.85. The van der Waals surface area contributed by atoms with Gasteiger partial charge in [0.15, 0.2) is 0 Å². The van der Waals surface area contributed by atoms with Crippen molar-refractivity contribution in [2.45, 2.75) is 57.7 Å². The molecule has 0 spiro atoms. The fourth-order valence-corrected chi connectivity index (χ4v) is 5.35. The van der Waals surface area contributed by atoms with Crippen LogP contribution in [0.3, 0.4) is 0 Å². The third-order valence-electron chi connectivity index (χ3n) is 6.73. The van der Waals surface area contributed by atoms with Gasteiger partial charge in [-0.3, -0.25) is 9.69 Å². The third kappa shape index (κ3) is 6.38. The SMILES string of the molecule is CCN(CC1CCN(C(=O)C2CC3CCCC(C2)C3N)C1)CC(F)(F)F.Cl.Cl. The van der Waals surface area contributed by atoms with Gasteiger partial charge in [-0.2, -0.15) is 13.2 Å². The Morgan fingerprint density at radius 1 is 1.14 bits per heavy atom. The maximum Gasteiger partial charge on any atom is 0.401 e. The molecule has 3 aliphatic rings. The van der Waals surface area contributed by atoms with Crippen LogP contribution >= 0.6 is 24.8 Å². The van der Waals surface area contributed by atoms with Crippen LogP contribution in [0.2, 0.25) is 0 Å². The van der Waals surface area contributed by atoms with Crippen LogP contribution in [-0.2, 0) is 4.79 Å². The van der Waals surface area contributed by atoms with E-state index in [1.54, 1.807) is 6.92 Å². The van der Waals surface area contributed by atoms with Crippen LogP contribution in [0.15, 0.2) is 0 Å². The number of hydrogen-bond acceptors (Lipinski definition) is 3. The number of carbonyl (C=O) groups excluding carboxylic acids is 1. The summed E-state index contributed by atoms with van der Waals surface area (Å²) >= 11 is 0. The molecule has 1 amide bonds. The van der Waals surface area contributed by atoms with Crippen molar-refractivity contribution in [3.05, 3.63) is 0 Å². The fraction of sp³-hybridized carbons (Fsp3) is 0.947. The molecule has 3 unspecified atom stereocenters. The zero-order chi connectivity index (χ0) is 18.9. The van der Waals surface area contributed by atoms with E-state index in [2.05, 4.69) is 0 Å². The van der Waals surface area contributed by atoms with Gasteiger partial charge < -0.3 is 10.6 Å². The van der Waals surface area contributed by atoms with Gasteiger partial charge in [0, 0.05) is 31.6 Å². The van der Waals surface area contributed by atoms with Crippen LogP contribution in [0.5, 0.6) is 0 Å². The highest BCUT2D eigenvalue weighted by Crippen LogP contribution is 2.42. The summed E-state index contributed by atoms with van der Waals surface area (Å²) in [6, 6.07) is 0.250. The molecule has 3 atom stereocenters. The van der Waals surface area contributed by atoms with E-state index in [0.29, 0.717) is 38.0 Å². The highest BCUT2D eigenvalue weighted by atomic mass is 35.5. The molecule has 2 saturated carbocycles. The average molecular weight is 448 g/mol. The molecule has 28 heavy (non-hydrogen) atoms. The maximum atomic E-state index is 13.0. The lowest BCUT2D eigenvalue weighted by Gasteiger charge is -2.44. The lowest BCUT2D eigenvalue weighted by Crippen LogP contribution is -2.49. The molecule has 2 aliphatic carbocycles. The number of rotatable bonds is 5. The quantitative estimate of drug-likeness (QED) is 0.698. The second-order valence-electron chi connectivity index (χ2n) is 8.58. The first kappa shape index (κ1) is 25.8. The molecule has 2 N–H and O–H groups in total. The first-order chi connectivity index (χ1) is 12.3. The van der Waals surface area contributed by atoms with E-state index >= 15 is 0 Å². The fourth-order valence-electron chi connectivity index (χ4n) is 5.35. The lowest BCUT2D eigenvalue weighted by atomic mass is 9.65. The summed E-state index contributed by atoms with van der Waals surface area (Å²) in [5.74, 6) is 1.37. The molecule has 1 aliphatic heterocycles. The molecule has 3 rings (SSSR count). The largest absolute Gasteiger partial charge is 0.401 e. The normalized spacial score (nSPS) is 32.6. The van der Waals surface area contributed by atoms with Crippen molar-refractivity contribution in [2.75, 3.05) is 32.7 Å². The first-order valence-corrected chi connectivity index (χ1v) is 10.1. The molecular weight excluding hydrogens is 414 g/mol. The molecule has 0 aromatic carbocycles. The van der Waals surface area contributed by atoms with Crippen LogP contribution < -0.4 is 5.73 Å². The summed E-state index contributed by atoms with van der Waals surface area (Å²) in [6.07, 6.45) is 1.92. The van der Waals surface area contributed by atoms with E-state index in [1.165, 1.54) is 11.3 Å². The van der Waals surface area contributed by atoms with Crippen molar-refractivity contribution in [2.24, 2.45) is 29.4 Å². The van der Waals surface area contributed by atoms with Gasteiger partial charge in [-0.15, -0.1) is 24.8 Å². The van der Waals surface area contributed by atoms with Crippen LogP contribution in [0, 0.1) is 23.7 Å². The number of alkyl halides is 3. The molecule has 1 heterocycles. The van der Waals surface area contributed by atoms with Gasteiger partial charge in [0.25, 0.3) is 0 Å². The van der Waals surface area contributed by atoms with Crippen LogP contribution in [0.1, 0.15) is 45.4 Å². The van der Waals surface area contributed by atoms with E-state index in [1.807, 2.05) is 4.90 Å². The van der Waals surface area contributed by atoms with Gasteiger partial charge >= 0.3 is 6.18 Å². The maximum absolute atomic E-state index is 13.0. The molecule has 2 bridgehead atoms. The number of nitrogens with two attached hydrogens (primary N) is 1. The van der Waals surface area contributed by atoms with Crippen molar-refractivity contribution >= 4 is 30.7 Å². The van der Waals surface area contributed by atoms with E-state index in [9.17, 15) is 18.0 Å². The summed E-state index contributed by atoms with van der Waals surface area (Å²) in [6.45, 7) is 2.98. The minimum atomic E-state index is -4.16. The lowest BCUT2D eigenvalue weighted by molar-refractivity contribution is -0.147. The van der Waals surface area contributed by atoms with Crippen molar-refractivity contribution in [3.8, 4) is 0 Å². The van der Waals surface area contributed by atoms with Crippen LogP contribution in [-0.4, -0.2) is 60.6 Å². The Balaban J connectivity index is 0.00000196. The molecule has 3 fully saturated rings. The predicted octanol–water partition coefficient (Wildman–Crippen LogP) is 3.72. The van der Waals surface area contributed by atoms with Gasteiger partial charge in [-0.1, -0.05) is 13.3 Å². The van der Waals surface area contributed by atoms with Crippen LogP contribution in [0.25, 0.3) is 0 Å². The van der Waals surface area contributed by atoms with Gasteiger partial charge in [-0.25, -0.2) is 0 Å². The van der Waals surface area contributed by atoms with E-state index in [0.717, 1.165) is 32.1 Å². The second-order valence-corrected chi connectivity index (χ2v) is 8.58. The van der Waals surface area contributed by atoms with Crippen molar-refractivity contribution in [3.63, 3.8) is 0 Å². The van der Waals surface area contributed by atoms with Crippen molar-refractivity contribution in [1.29, 1.82) is 0 Å². The number of hydrogen-bond donors (Lipinski definition) is 1. The summed E-state index contributed by atoms with van der Waals surface area (Å²) in [7, 11) is 0. The van der Waals surface area contributed by atoms with E-state index in [-0.39, 0.29) is 48.6 Å². The zero-order valence-electron chi connectivity index (χ0n) is 16.5. The monoisotopic (exact) mass is 447 g/mol. The summed E-state index contributed by atoms with van der Waals surface area (Å²) in [4.78, 5) is 16.3. The van der Waals surface area contributed by atoms with Crippen molar-refractivity contribution < 1.29 is 18.0 Å².